The molecule has 0 bridgehead atoms. The highest BCUT2D eigenvalue weighted by atomic mass is 32.2. The number of esters is 1. The van der Waals surface area contributed by atoms with Gasteiger partial charge in [0, 0.05) is 0 Å². The Hall–Kier alpha value is -3.72. The number of rotatable bonds is 7. The summed E-state index contributed by atoms with van der Waals surface area (Å²) in [6, 6.07) is 16.5. The Kier molecular flexibility index (Phi) is 6.89. The van der Waals surface area contributed by atoms with Gasteiger partial charge < -0.3 is 10.1 Å². The quantitative estimate of drug-likeness (QED) is 0.523. The highest BCUT2D eigenvalue weighted by molar-refractivity contribution is 7.92. The number of nitrogens with one attached hydrogen (secondary N) is 2. The van der Waals surface area contributed by atoms with Crippen molar-refractivity contribution in [3.63, 3.8) is 0 Å². The van der Waals surface area contributed by atoms with Gasteiger partial charge in [-0.05, 0) is 55.3 Å². The lowest BCUT2D eigenvalue weighted by molar-refractivity contribution is -0.119. The largest absolute Gasteiger partial charge is 0.452 e. The van der Waals surface area contributed by atoms with E-state index in [0.29, 0.717) is 5.56 Å². The minimum absolute atomic E-state index is 0.00733. The summed E-state index contributed by atoms with van der Waals surface area (Å²) in [7, 11) is -3.98. The number of hydrogen-bond acceptors (Lipinski definition) is 5. The number of sulfonamides is 1. The van der Waals surface area contributed by atoms with Crippen molar-refractivity contribution in [2.24, 2.45) is 0 Å². The van der Waals surface area contributed by atoms with E-state index in [4.69, 9.17) is 4.74 Å². The zero-order valence-electron chi connectivity index (χ0n) is 17.4. The number of amides is 1. The molecule has 0 radical (unpaired) electrons. The summed E-state index contributed by atoms with van der Waals surface area (Å²) in [5.41, 5.74) is 1.21. The molecule has 0 aliphatic heterocycles. The molecule has 0 aliphatic rings. The van der Waals surface area contributed by atoms with Crippen LogP contribution in [0.1, 0.15) is 21.5 Å². The predicted molar refractivity (Wildman–Crippen MR) is 118 cm³/mol. The van der Waals surface area contributed by atoms with Crippen molar-refractivity contribution in [1.82, 2.24) is 0 Å². The molecule has 0 saturated heterocycles. The van der Waals surface area contributed by atoms with Crippen LogP contribution in [0.2, 0.25) is 0 Å². The third-order valence-electron chi connectivity index (χ3n) is 4.51. The third kappa shape index (κ3) is 5.50. The van der Waals surface area contributed by atoms with Crippen LogP contribution in [-0.2, 0) is 19.6 Å². The van der Waals surface area contributed by atoms with Crippen molar-refractivity contribution < 1.29 is 27.1 Å². The van der Waals surface area contributed by atoms with Crippen LogP contribution in [0, 0.1) is 19.7 Å². The lowest BCUT2D eigenvalue weighted by Crippen LogP contribution is -2.22. The van der Waals surface area contributed by atoms with Crippen LogP contribution in [0.5, 0.6) is 0 Å². The van der Waals surface area contributed by atoms with E-state index in [1.165, 1.54) is 42.5 Å². The van der Waals surface area contributed by atoms with Crippen LogP contribution in [0.4, 0.5) is 15.8 Å². The highest BCUT2D eigenvalue weighted by Crippen LogP contribution is 2.23. The Morgan fingerprint density at radius 3 is 2.31 bits per heavy atom. The lowest BCUT2D eigenvalue weighted by Gasteiger charge is -2.14. The molecular weight excluding hydrogens is 435 g/mol. The smallest absolute Gasteiger partial charge is 0.340 e. The first-order valence-electron chi connectivity index (χ1n) is 9.58. The number of halogens is 1. The van der Waals surface area contributed by atoms with Gasteiger partial charge in [-0.25, -0.2) is 17.6 Å². The average molecular weight is 456 g/mol. The molecule has 1 amide bonds. The Morgan fingerprint density at radius 1 is 0.938 bits per heavy atom. The summed E-state index contributed by atoms with van der Waals surface area (Å²) in [6.07, 6.45) is 0. The molecule has 0 aromatic heterocycles. The average Bonchev–Trinajstić information content (AvgIpc) is 2.75. The SMILES string of the molecule is Cc1ccc(C)c(S(=O)(=O)Nc2ccccc2C(=O)OCC(=O)Nc2ccccc2F)c1. The number of anilines is 2. The molecule has 0 unspecified atom stereocenters. The van der Waals surface area contributed by atoms with Gasteiger partial charge in [0.1, 0.15) is 5.82 Å². The summed E-state index contributed by atoms with van der Waals surface area (Å²) in [6.45, 7) is 2.77. The van der Waals surface area contributed by atoms with E-state index in [2.05, 4.69) is 10.0 Å². The number of carbonyl (C=O) groups is 2. The van der Waals surface area contributed by atoms with Crippen molar-refractivity contribution in [3.8, 4) is 0 Å². The van der Waals surface area contributed by atoms with Crippen molar-refractivity contribution in [1.29, 1.82) is 0 Å². The summed E-state index contributed by atoms with van der Waals surface area (Å²) in [5, 5.41) is 2.30. The number of aryl methyl sites for hydroxylation is 2. The van der Waals surface area contributed by atoms with Gasteiger partial charge in [-0.15, -0.1) is 0 Å². The van der Waals surface area contributed by atoms with Crippen molar-refractivity contribution in [3.05, 3.63) is 89.2 Å². The standard InChI is InChI=1S/C23H21FN2O5S/c1-15-11-12-16(2)21(13-15)32(29,30)26-19-9-5-3-7-17(19)23(28)31-14-22(27)25-20-10-6-4-8-18(20)24/h3-13,26H,14H2,1-2H3,(H,25,27). The molecule has 32 heavy (non-hydrogen) atoms. The molecule has 3 rings (SSSR count). The van der Waals surface area contributed by atoms with Crippen LogP contribution in [0.25, 0.3) is 0 Å². The van der Waals surface area contributed by atoms with Crippen LogP contribution in [0.3, 0.4) is 0 Å². The number of para-hydroxylation sites is 2. The Bertz CT molecular complexity index is 1270. The van der Waals surface area contributed by atoms with E-state index in [9.17, 15) is 22.4 Å². The van der Waals surface area contributed by atoms with E-state index >= 15 is 0 Å². The topological polar surface area (TPSA) is 102 Å². The summed E-state index contributed by atoms with van der Waals surface area (Å²) in [5.74, 6) is -2.27. The third-order valence-corrected chi connectivity index (χ3v) is 6.01. The van der Waals surface area contributed by atoms with Gasteiger partial charge in [0.05, 0.1) is 21.8 Å². The number of ether oxygens (including phenoxy) is 1. The minimum Gasteiger partial charge on any atom is -0.452 e. The molecule has 0 aliphatic carbocycles. The van der Waals surface area contributed by atoms with E-state index in [-0.39, 0.29) is 21.8 Å². The molecule has 0 fully saturated rings. The maximum Gasteiger partial charge on any atom is 0.340 e. The lowest BCUT2D eigenvalue weighted by atomic mass is 10.2. The Labute approximate surface area is 185 Å². The monoisotopic (exact) mass is 456 g/mol. The molecule has 0 heterocycles. The van der Waals surface area contributed by atoms with Crippen LogP contribution in [0.15, 0.2) is 71.6 Å². The zero-order chi connectivity index (χ0) is 23.3. The fourth-order valence-electron chi connectivity index (χ4n) is 2.90. The number of carbonyl (C=O) groups excluding carboxylic acids is 2. The molecular formula is C23H21FN2O5S. The minimum atomic E-state index is -3.98. The van der Waals surface area contributed by atoms with Crippen LogP contribution in [-0.4, -0.2) is 26.9 Å². The van der Waals surface area contributed by atoms with Gasteiger partial charge in [0.2, 0.25) is 0 Å². The van der Waals surface area contributed by atoms with E-state index < -0.39 is 34.3 Å². The molecule has 2 N–H and O–H groups in total. The van der Waals surface area contributed by atoms with Gasteiger partial charge in [-0.3, -0.25) is 9.52 Å². The molecule has 0 spiro atoms. The second-order valence-corrected chi connectivity index (χ2v) is 8.68. The van der Waals surface area contributed by atoms with Gasteiger partial charge in [-0.1, -0.05) is 36.4 Å². The van der Waals surface area contributed by atoms with E-state index in [1.54, 1.807) is 38.1 Å². The molecule has 7 nitrogen and oxygen atoms in total. The molecule has 9 heteroatoms. The van der Waals surface area contributed by atoms with Gasteiger partial charge in [0.25, 0.3) is 15.9 Å². The zero-order valence-corrected chi connectivity index (χ0v) is 18.2. The number of benzene rings is 3. The van der Waals surface area contributed by atoms with Gasteiger partial charge in [0.15, 0.2) is 6.61 Å². The summed E-state index contributed by atoms with van der Waals surface area (Å²) in [4.78, 5) is 24.6. The van der Waals surface area contributed by atoms with Crippen molar-refractivity contribution in [2.45, 2.75) is 18.7 Å². The van der Waals surface area contributed by atoms with Gasteiger partial charge in [-0.2, -0.15) is 0 Å². The van der Waals surface area contributed by atoms with E-state index in [1.807, 2.05) is 0 Å². The summed E-state index contributed by atoms with van der Waals surface area (Å²) >= 11 is 0. The normalized spacial score (nSPS) is 11.0. The first-order chi connectivity index (χ1) is 15.2. The molecule has 166 valence electrons. The fraction of sp³-hybridized carbons (Fsp3) is 0.130. The first-order valence-corrected chi connectivity index (χ1v) is 11.1. The maximum atomic E-state index is 13.6. The molecule has 0 atom stereocenters. The van der Waals surface area contributed by atoms with Crippen LogP contribution < -0.4 is 10.0 Å². The van der Waals surface area contributed by atoms with Crippen LogP contribution >= 0.6 is 0 Å². The molecule has 0 saturated carbocycles. The first kappa shape index (κ1) is 23.0. The Balaban J connectivity index is 1.73. The second kappa shape index (κ2) is 9.61. The second-order valence-electron chi connectivity index (χ2n) is 7.02. The summed E-state index contributed by atoms with van der Waals surface area (Å²) < 4.78 is 46.8. The van der Waals surface area contributed by atoms with Gasteiger partial charge >= 0.3 is 5.97 Å². The number of hydrogen-bond donors (Lipinski definition) is 2. The van der Waals surface area contributed by atoms with Crippen molar-refractivity contribution in [2.75, 3.05) is 16.6 Å². The maximum absolute atomic E-state index is 13.6. The van der Waals surface area contributed by atoms with E-state index in [0.717, 1.165) is 5.56 Å². The Morgan fingerprint density at radius 2 is 1.59 bits per heavy atom. The predicted octanol–water partition coefficient (Wildman–Crippen LogP) is 4.04. The molecule has 3 aromatic carbocycles. The van der Waals surface area contributed by atoms with Crippen molar-refractivity contribution >= 4 is 33.3 Å². The fourth-order valence-corrected chi connectivity index (χ4v) is 4.31. The molecule has 3 aromatic rings. The highest BCUT2D eigenvalue weighted by Gasteiger charge is 2.21.